The van der Waals surface area contributed by atoms with Crippen LogP contribution in [0, 0.1) is 0 Å². The summed E-state index contributed by atoms with van der Waals surface area (Å²) in [4.78, 5) is 2.41. The van der Waals surface area contributed by atoms with Gasteiger partial charge in [0.15, 0.2) is 0 Å². The summed E-state index contributed by atoms with van der Waals surface area (Å²) in [7, 11) is 2.42. The van der Waals surface area contributed by atoms with Gasteiger partial charge in [-0.25, -0.2) is 0 Å². The van der Waals surface area contributed by atoms with Crippen molar-refractivity contribution in [3.63, 3.8) is 0 Å². The van der Waals surface area contributed by atoms with Gasteiger partial charge in [-0.2, -0.15) is 0 Å². The molecule has 112 valence electrons. The first-order valence-electron chi connectivity index (χ1n) is 7.13. The van der Waals surface area contributed by atoms with Gasteiger partial charge in [-0.05, 0) is 25.5 Å². The molecule has 5 heteroatoms. The number of allylic oxidation sites excluding steroid dienone is 3. The van der Waals surface area contributed by atoms with Crippen molar-refractivity contribution in [3.05, 3.63) is 36.6 Å². The summed E-state index contributed by atoms with van der Waals surface area (Å²) in [5.74, 6) is 0. The van der Waals surface area contributed by atoms with Gasteiger partial charge in [0.25, 0.3) is 0 Å². The van der Waals surface area contributed by atoms with Crippen molar-refractivity contribution in [2.75, 3.05) is 27.9 Å². The van der Waals surface area contributed by atoms with Crippen LogP contribution >= 0.6 is 0 Å². The fourth-order valence-corrected chi connectivity index (χ4v) is 5.12. The smallest absolute Gasteiger partial charge is 0.377 e. The molecular weight excluding hydrogens is 270 g/mol. The van der Waals surface area contributed by atoms with E-state index in [1.54, 1.807) is 21.3 Å². The Kier molecular flexibility index (Phi) is 5.21. The van der Waals surface area contributed by atoms with Crippen LogP contribution in [0.15, 0.2) is 36.6 Å². The Balaban J connectivity index is 2.27. The highest BCUT2D eigenvalue weighted by Gasteiger charge is 2.48. The molecule has 0 spiro atoms. The van der Waals surface area contributed by atoms with E-state index in [1.165, 1.54) is 6.42 Å². The summed E-state index contributed by atoms with van der Waals surface area (Å²) in [6.07, 6.45) is 16.5. The predicted molar refractivity (Wildman–Crippen MR) is 82.3 cm³/mol. The molecule has 20 heavy (non-hydrogen) atoms. The van der Waals surface area contributed by atoms with Crippen molar-refractivity contribution < 1.29 is 13.3 Å². The topological polar surface area (TPSA) is 30.9 Å². The number of nitrogens with zero attached hydrogens (tertiary/aromatic N) is 1. The van der Waals surface area contributed by atoms with Crippen LogP contribution in [0.4, 0.5) is 0 Å². The second kappa shape index (κ2) is 6.71. The van der Waals surface area contributed by atoms with Gasteiger partial charge >= 0.3 is 8.80 Å². The minimum atomic E-state index is -2.62. The van der Waals surface area contributed by atoms with Crippen LogP contribution in [0.2, 0.25) is 6.04 Å². The fraction of sp³-hybridized carbons (Fsp3) is 0.600. The summed E-state index contributed by atoms with van der Waals surface area (Å²) >= 11 is 0. The maximum atomic E-state index is 5.64. The Morgan fingerprint density at radius 2 is 1.85 bits per heavy atom. The molecule has 4 nitrogen and oxygen atoms in total. The molecule has 1 aliphatic carbocycles. The minimum absolute atomic E-state index is 0.0973. The van der Waals surface area contributed by atoms with Crippen LogP contribution in [-0.2, 0) is 13.3 Å². The molecule has 1 atom stereocenters. The quantitative estimate of drug-likeness (QED) is 0.705. The van der Waals surface area contributed by atoms with Crippen molar-refractivity contribution in [2.45, 2.75) is 30.8 Å². The Morgan fingerprint density at radius 1 is 1.10 bits per heavy atom. The van der Waals surface area contributed by atoms with Crippen LogP contribution in [-0.4, -0.2) is 47.1 Å². The molecule has 1 unspecified atom stereocenters. The van der Waals surface area contributed by atoms with Gasteiger partial charge in [0, 0.05) is 33.9 Å². The third-order valence-electron chi connectivity index (χ3n) is 4.21. The van der Waals surface area contributed by atoms with Crippen molar-refractivity contribution in [1.82, 2.24) is 4.90 Å². The molecule has 0 aromatic rings. The molecule has 0 aromatic carbocycles. The lowest BCUT2D eigenvalue weighted by Gasteiger charge is -2.46. The van der Waals surface area contributed by atoms with Crippen molar-refractivity contribution in [2.24, 2.45) is 0 Å². The summed E-state index contributed by atoms with van der Waals surface area (Å²) in [6.45, 7) is 1.07. The highest BCUT2D eigenvalue weighted by atomic mass is 28.4. The Bertz CT molecular complexity index is 396. The first-order chi connectivity index (χ1) is 9.70. The molecule has 0 N–H and O–H groups in total. The van der Waals surface area contributed by atoms with Crippen LogP contribution in [0.5, 0.6) is 0 Å². The standard InChI is InChI=1S/C15H25NO3Si/c1-17-20(18-2,19-3)14-15(10-6-4-7-11-15)16-12-8-5-9-13-16/h4,6-8,10,12H,5,9,11,13-14H2,1-3H3. The largest absolute Gasteiger partial charge is 0.502 e. The highest BCUT2D eigenvalue weighted by Crippen LogP contribution is 2.36. The fourth-order valence-electron chi connectivity index (χ4n) is 2.97. The third kappa shape index (κ3) is 3.06. The molecule has 2 aliphatic rings. The average molecular weight is 295 g/mol. The third-order valence-corrected chi connectivity index (χ3v) is 7.12. The van der Waals surface area contributed by atoms with Crippen LogP contribution in [0.25, 0.3) is 0 Å². The maximum Gasteiger partial charge on any atom is 0.502 e. The summed E-state index contributed by atoms with van der Waals surface area (Å²) in [5.41, 5.74) is -0.0973. The molecule has 0 saturated heterocycles. The molecule has 0 fully saturated rings. The number of hydrogen-bond donors (Lipinski definition) is 0. The number of hydrogen-bond acceptors (Lipinski definition) is 4. The predicted octanol–water partition coefficient (Wildman–Crippen LogP) is 2.73. The van der Waals surface area contributed by atoms with E-state index in [1.807, 2.05) is 0 Å². The monoisotopic (exact) mass is 295 g/mol. The van der Waals surface area contributed by atoms with Crippen LogP contribution < -0.4 is 0 Å². The van der Waals surface area contributed by atoms with Crippen molar-refractivity contribution in [1.29, 1.82) is 0 Å². The van der Waals surface area contributed by atoms with E-state index in [0.29, 0.717) is 0 Å². The van der Waals surface area contributed by atoms with E-state index in [0.717, 1.165) is 25.4 Å². The number of rotatable bonds is 6. The van der Waals surface area contributed by atoms with E-state index in [2.05, 4.69) is 41.5 Å². The zero-order valence-corrected chi connectivity index (χ0v) is 13.7. The molecule has 1 aliphatic heterocycles. The molecule has 0 bridgehead atoms. The van der Waals surface area contributed by atoms with Gasteiger partial charge in [-0.15, -0.1) is 0 Å². The van der Waals surface area contributed by atoms with Gasteiger partial charge in [-0.1, -0.05) is 30.4 Å². The molecule has 2 rings (SSSR count). The summed E-state index contributed by atoms with van der Waals surface area (Å²) in [5, 5.41) is 0. The van der Waals surface area contributed by atoms with E-state index in [-0.39, 0.29) is 5.54 Å². The Labute approximate surface area is 123 Å². The zero-order chi connectivity index (χ0) is 14.5. The van der Waals surface area contributed by atoms with Crippen molar-refractivity contribution >= 4 is 8.80 Å². The zero-order valence-electron chi connectivity index (χ0n) is 12.7. The second-order valence-electron chi connectivity index (χ2n) is 5.29. The normalized spacial score (nSPS) is 26.2. The average Bonchev–Trinajstić information content (AvgIpc) is 2.55. The van der Waals surface area contributed by atoms with E-state index < -0.39 is 8.80 Å². The lowest BCUT2D eigenvalue weighted by Crippen LogP contribution is -2.55. The molecule has 0 radical (unpaired) electrons. The van der Waals surface area contributed by atoms with Crippen molar-refractivity contribution in [3.8, 4) is 0 Å². The lowest BCUT2D eigenvalue weighted by molar-refractivity contribution is 0.0987. The van der Waals surface area contributed by atoms with E-state index >= 15 is 0 Å². The van der Waals surface area contributed by atoms with E-state index in [4.69, 9.17) is 13.3 Å². The summed E-state index contributed by atoms with van der Waals surface area (Å²) < 4.78 is 16.9. The Hall–Kier alpha value is -0.883. The summed E-state index contributed by atoms with van der Waals surface area (Å²) in [6, 6.07) is 0.759. The molecular formula is C15H25NO3Si. The van der Waals surface area contributed by atoms with Crippen LogP contribution in [0.1, 0.15) is 19.3 Å². The second-order valence-corrected chi connectivity index (χ2v) is 8.23. The SMILES string of the molecule is CO[Si](CC1(N2C=CCCC2)C=CC=CC1)(OC)OC. The van der Waals surface area contributed by atoms with Gasteiger partial charge in [0.1, 0.15) is 0 Å². The minimum Gasteiger partial charge on any atom is -0.377 e. The molecule has 1 heterocycles. The first kappa shape index (κ1) is 15.5. The first-order valence-corrected chi connectivity index (χ1v) is 9.07. The molecule has 0 saturated carbocycles. The van der Waals surface area contributed by atoms with Gasteiger partial charge in [-0.3, -0.25) is 0 Å². The highest BCUT2D eigenvalue weighted by molar-refractivity contribution is 6.61. The van der Waals surface area contributed by atoms with Crippen LogP contribution in [0.3, 0.4) is 0 Å². The molecule has 0 aromatic heterocycles. The maximum absolute atomic E-state index is 5.64. The van der Waals surface area contributed by atoms with Gasteiger partial charge in [0.2, 0.25) is 0 Å². The Morgan fingerprint density at radius 3 is 2.35 bits per heavy atom. The van der Waals surface area contributed by atoms with Gasteiger partial charge in [0.05, 0.1) is 5.54 Å². The lowest BCUT2D eigenvalue weighted by atomic mass is 9.90. The van der Waals surface area contributed by atoms with E-state index in [9.17, 15) is 0 Å². The van der Waals surface area contributed by atoms with Gasteiger partial charge < -0.3 is 18.2 Å². The molecule has 0 amide bonds.